The fourth-order valence-electron chi connectivity index (χ4n) is 10.3. The molecule has 10 bridgehead atoms. The highest BCUT2D eigenvalue weighted by Crippen LogP contribution is 2.61. The summed E-state index contributed by atoms with van der Waals surface area (Å²) in [4.78, 5) is 52.5. The van der Waals surface area contributed by atoms with Crippen LogP contribution >= 0.6 is 0 Å². The average molecular weight is 863 g/mol. The first-order chi connectivity index (χ1) is 31.7. The van der Waals surface area contributed by atoms with Crippen LogP contribution in [0.15, 0.2) is 136 Å². The van der Waals surface area contributed by atoms with Gasteiger partial charge in [-0.1, -0.05) is 117 Å². The number of rotatable bonds is 7. The van der Waals surface area contributed by atoms with Crippen LogP contribution in [0.2, 0.25) is 0 Å². The summed E-state index contributed by atoms with van der Waals surface area (Å²) in [5.41, 5.74) is 8.67. The Kier molecular flexibility index (Phi) is 8.76. The van der Waals surface area contributed by atoms with Crippen molar-refractivity contribution in [2.24, 2.45) is 5.92 Å². The maximum Gasteiger partial charge on any atom is 0.252 e. The second-order valence-electron chi connectivity index (χ2n) is 17.6. The van der Waals surface area contributed by atoms with Crippen molar-refractivity contribution in [3.63, 3.8) is 0 Å². The standard InChI is InChI=1S/C52H42N6O7/c1-26(2)40-50-57-43-45(65-50)52-34-18-10-17-32(31-16-9-15-28-20-21-33(39(28)31)38-25-53-49(43)63-38)42(34)58-51(52)64-37-22-19-27(23-35(37)52)24-36(47(61)55-40)54-48(62)44(59)41(29-11-5-3-6-12-29)56-46(60)30-13-7-4-8-14-30/h3-19,21-23,25-26,36,40-41,44,51,58-59H,20,24H2,1-2H3,(H,54,62)(H,55,61)(H,56,60)/t36?,40-,41-,44+,51-,52?/m0/s1. The molecule has 3 amide bonds. The molecular formula is C52H42N6O7. The number of anilines is 1. The zero-order valence-corrected chi connectivity index (χ0v) is 35.3. The number of ether oxygens (including phenoxy) is 1. The summed E-state index contributed by atoms with van der Waals surface area (Å²) in [6, 6.07) is 32.6. The van der Waals surface area contributed by atoms with E-state index in [9.17, 15) is 19.5 Å². The van der Waals surface area contributed by atoms with Gasteiger partial charge in [0.25, 0.3) is 11.8 Å². The Morgan fingerprint density at radius 2 is 1.66 bits per heavy atom. The van der Waals surface area contributed by atoms with Gasteiger partial charge >= 0.3 is 0 Å². The normalized spacial score (nSPS) is 21.3. The Morgan fingerprint density at radius 1 is 0.877 bits per heavy atom. The fraction of sp³-hybridized carbons (Fsp3) is 0.212. The van der Waals surface area contributed by atoms with Crippen molar-refractivity contribution in [3.05, 3.63) is 184 Å². The molecule has 0 saturated heterocycles. The molecule has 65 heavy (non-hydrogen) atoms. The van der Waals surface area contributed by atoms with Crippen molar-refractivity contribution >= 4 is 29.0 Å². The number of nitrogens with zero attached hydrogens (tertiary/aromatic N) is 2. The van der Waals surface area contributed by atoms with Gasteiger partial charge in [0.2, 0.25) is 17.7 Å². The van der Waals surface area contributed by atoms with Crippen LogP contribution in [0.5, 0.6) is 5.75 Å². The van der Waals surface area contributed by atoms with Crippen LogP contribution in [0.4, 0.5) is 5.69 Å². The van der Waals surface area contributed by atoms with Crippen LogP contribution in [0.25, 0.3) is 28.3 Å². The summed E-state index contributed by atoms with van der Waals surface area (Å²) in [6.45, 7) is 3.90. The van der Waals surface area contributed by atoms with Gasteiger partial charge in [-0.05, 0) is 58.4 Å². The molecule has 7 aromatic rings. The van der Waals surface area contributed by atoms with Crippen LogP contribution in [0.3, 0.4) is 0 Å². The number of hydrogen-bond acceptors (Lipinski definition) is 10. The van der Waals surface area contributed by atoms with Gasteiger partial charge < -0.3 is 39.9 Å². The van der Waals surface area contributed by atoms with Crippen molar-refractivity contribution in [1.82, 2.24) is 25.9 Å². The molecule has 0 radical (unpaired) electrons. The fourth-order valence-corrected chi connectivity index (χ4v) is 10.3. The number of aliphatic hydroxyl groups is 1. The minimum atomic E-state index is -1.78. The van der Waals surface area contributed by atoms with Crippen molar-refractivity contribution < 1.29 is 33.1 Å². The molecular weight excluding hydrogens is 821 g/mol. The second-order valence-corrected chi connectivity index (χ2v) is 17.6. The number of nitrogens with one attached hydrogen (secondary N) is 4. The number of carbonyl (C=O) groups is 3. The molecule has 5 aromatic carbocycles. The van der Waals surface area contributed by atoms with Crippen LogP contribution in [-0.4, -0.2) is 51.2 Å². The third-order valence-corrected chi connectivity index (χ3v) is 13.5. The van der Waals surface area contributed by atoms with Gasteiger partial charge in [0.05, 0.1) is 12.2 Å². The molecule has 322 valence electrons. The van der Waals surface area contributed by atoms with Crippen LogP contribution in [-0.2, 0) is 27.8 Å². The lowest BCUT2D eigenvalue weighted by Crippen LogP contribution is -2.54. The monoisotopic (exact) mass is 862 g/mol. The quantitative estimate of drug-likeness (QED) is 0.110. The number of carbonyl (C=O) groups excluding carboxylic acids is 3. The number of aromatic nitrogens is 2. The number of oxazole rings is 2. The third kappa shape index (κ3) is 5.91. The molecule has 1 spiro atoms. The smallest absolute Gasteiger partial charge is 0.252 e. The Bertz CT molecular complexity index is 3140. The Labute approximate surface area is 373 Å². The minimum absolute atomic E-state index is 0.0451. The predicted molar refractivity (Wildman–Crippen MR) is 239 cm³/mol. The molecule has 2 aromatic heterocycles. The van der Waals surface area contributed by atoms with Crippen molar-refractivity contribution in [2.45, 2.75) is 62.6 Å². The largest absolute Gasteiger partial charge is 0.469 e. The molecule has 1 aliphatic carbocycles. The average Bonchev–Trinajstić information content (AvgIpc) is 4.17. The van der Waals surface area contributed by atoms with E-state index in [1.54, 1.807) is 66.9 Å². The number of para-hydroxylation sites is 1. The first-order valence-corrected chi connectivity index (χ1v) is 21.9. The SMILES string of the molecule is CC(C)[C@@H]1NC(=O)C(NC(=O)[C@H](O)[C@@H](NC(=O)c2ccccc2)c2ccccc2)Cc2ccc3c(c2)C24c5cccc(c5N[C@H]2O3)-c2cccc3c2C(=CC3)c2cnc(o2)-c2nc1oc24. The van der Waals surface area contributed by atoms with E-state index in [4.69, 9.17) is 23.5 Å². The highest BCUT2D eigenvalue weighted by atomic mass is 16.5. The number of aliphatic hydroxyl groups excluding tert-OH is 1. The van der Waals surface area contributed by atoms with Gasteiger partial charge in [-0.2, -0.15) is 0 Å². The zero-order chi connectivity index (χ0) is 44.1. The molecule has 0 saturated carbocycles. The van der Waals surface area contributed by atoms with Gasteiger partial charge in [-0.3, -0.25) is 14.4 Å². The summed E-state index contributed by atoms with van der Waals surface area (Å²) >= 11 is 0. The summed E-state index contributed by atoms with van der Waals surface area (Å²) in [5.74, 6) is 0.0493. The van der Waals surface area contributed by atoms with Crippen molar-refractivity contribution in [2.75, 3.05) is 5.32 Å². The molecule has 13 heteroatoms. The Balaban J connectivity index is 0.998. The molecule has 5 aliphatic rings. The van der Waals surface area contributed by atoms with E-state index in [0.29, 0.717) is 39.7 Å². The van der Waals surface area contributed by atoms with E-state index in [1.165, 1.54) is 5.56 Å². The Morgan fingerprint density at radius 3 is 2.48 bits per heavy atom. The van der Waals surface area contributed by atoms with E-state index in [2.05, 4.69) is 63.7 Å². The van der Waals surface area contributed by atoms with Gasteiger partial charge in [-0.15, -0.1) is 0 Å². The van der Waals surface area contributed by atoms with E-state index >= 15 is 0 Å². The summed E-state index contributed by atoms with van der Waals surface area (Å²) in [6.07, 6.45) is 2.23. The second kappa shape index (κ2) is 14.6. The maximum atomic E-state index is 14.7. The third-order valence-electron chi connectivity index (χ3n) is 13.5. The molecule has 2 unspecified atom stereocenters. The van der Waals surface area contributed by atoms with Crippen LogP contribution in [0.1, 0.15) is 87.1 Å². The van der Waals surface area contributed by atoms with Crippen molar-refractivity contribution in [1.29, 1.82) is 0 Å². The molecule has 4 aliphatic heterocycles. The highest BCUT2D eigenvalue weighted by molar-refractivity contribution is 5.98. The highest BCUT2D eigenvalue weighted by Gasteiger charge is 2.62. The van der Waals surface area contributed by atoms with E-state index in [1.807, 2.05) is 32.0 Å². The predicted octanol–water partition coefficient (Wildman–Crippen LogP) is 7.16. The molecule has 13 nitrogen and oxygen atoms in total. The van der Waals surface area contributed by atoms with E-state index < -0.39 is 53.6 Å². The summed E-state index contributed by atoms with van der Waals surface area (Å²) < 4.78 is 20.7. The van der Waals surface area contributed by atoms with Gasteiger partial charge in [0.15, 0.2) is 29.5 Å². The molecule has 5 N–H and O–H groups in total. The Hall–Kier alpha value is -7.77. The van der Waals surface area contributed by atoms with Crippen molar-refractivity contribution in [3.8, 4) is 28.5 Å². The summed E-state index contributed by atoms with van der Waals surface area (Å²) in [5, 5.41) is 24.5. The maximum absolute atomic E-state index is 14.7. The first kappa shape index (κ1) is 38.9. The number of benzene rings is 5. The number of fused-ring (bicyclic) bond motifs is 7. The number of amides is 3. The topological polar surface area (TPSA) is 181 Å². The summed E-state index contributed by atoms with van der Waals surface area (Å²) in [7, 11) is 0. The van der Waals surface area contributed by atoms with Gasteiger partial charge in [0, 0.05) is 39.9 Å². The van der Waals surface area contributed by atoms with E-state index in [0.717, 1.165) is 45.5 Å². The molecule has 6 atom stereocenters. The molecule has 6 heterocycles. The zero-order valence-electron chi connectivity index (χ0n) is 35.3. The molecule has 12 rings (SSSR count). The van der Waals surface area contributed by atoms with Crippen LogP contribution in [0, 0.1) is 5.92 Å². The lowest BCUT2D eigenvalue weighted by Gasteiger charge is -2.29. The minimum Gasteiger partial charge on any atom is -0.469 e. The van der Waals surface area contributed by atoms with Gasteiger partial charge in [0.1, 0.15) is 23.2 Å². The molecule has 0 fully saturated rings. The van der Waals surface area contributed by atoms with Crippen LogP contribution < -0.4 is 26.0 Å². The number of allylic oxidation sites excluding steroid dienone is 1. The number of hydrogen-bond donors (Lipinski definition) is 5. The van der Waals surface area contributed by atoms with Gasteiger partial charge in [-0.25, -0.2) is 9.97 Å². The first-order valence-electron chi connectivity index (χ1n) is 21.9. The van der Waals surface area contributed by atoms with E-state index in [-0.39, 0.29) is 24.1 Å². The lowest BCUT2D eigenvalue weighted by atomic mass is 9.72. The lowest BCUT2D eigenvalue weighted by molar-refractivity contribution is -0.135.